The minimum atomic E-state index is -1.57. The fourth-order valence-electron chi connectivity index (χ4n) is 3.67. The van der Waals surface area contributed by atoms with Gasteiger partial charge in [0.1, 0.15) is 0 Å². The molecule has 0 aliphatic carbocycles. The summed E-state index contributed by atoms with van der Waals surface area (Å²) in [5, 5.41) is 13.4. The maximum absolute atomic E-state index is 12.2. The first kappa shape index (κ1) is 26.2. The van der Waals surface area contributed by atoms with E-state index in [4.69, 9.17) is 11.1 Å². The first-order valence-corrected chi connectivity index (χ1v) is 17.4. The second-order valence-electron chi connectivity index (χ2n) is 8.11. The standard InChI is InChI=1S/C27H34IN4OP/c1-32(27(29)30)21-19-26(33)31-20-11-12-22-34(24-15-7-3-8-16-24,25-17-9-4-10-18-25)28-23-13-5-2-6-14-23/h2-10,13-18H,11-12,19-22H2,1H3,(H3,29,30)(H,31,33). The van der Waals surface area contributed by atoms with Crippen molar-refractivity contribution in [2.45, 2.75) is 19.3 Å². The molecule has 0 spiro atoms. The van der Waals surface area contributed by atoms with Gasteiger partial charge in [-0.25, -0.2) is 0 Å². The normalized spacial score (nSPS) is 11.2. The van der Waals surface area contributed by atoms with Gasteiger partial charge in [0, 0.05) is 0 Å². The summed E-state index contributed by atoms with van der Waals surface area (Å²) in [4.78, 5) is 12.2. The molecule has 0 heterocycles. The number of carbonyl (C=O) groups is 1. The average molecular weight is 588 g/mol. The number of carbonyl (C=O) groups excluding carboxylic acids is 1. The zero-order chi connectivity index (χ0) is 24.2. The third-order valence-electron chi connectivity index (χ3n) is 5.61. The first-order valence-electron chi connectivity index (χ1n) is 11.5. The zero-order valence-corrected chi connectivity index (χ0v) is 22.7. The molecule has 0 aromatic heterocycles. The van der Waals surface area contributed by atoms with Crippen LogP contribution in [0.4, 0.5) is 0 Å². The van der Waals surface area contributed by atoms with E-state index in [2.05, 4.69) is 96.3 Å². The van der Waals surface area contributed by atoms with Crippen LogP contribution in [0.15, 0.2) is 91.0 Å². The van der Waals surface area contributed by atoms with E-state index in [-0.39, 0.29) is 32.5 Å². The summed E-state index contributed by atoms with van der Waals surface area (Å²) in [5.74, 6) is -0.00589. The number of benzene rings is 3. The van der Waals surface area contributed by atoms with Crippen molar-refractivity contribution in [2.24, 2.45) is 5.73 Å². The predicted octanol–water partition coefficient (Wildman–Crippen LogP) is 0.641. The van der Waals surface area contributed by atoms with Crippen LogP contribution in [0.5, 0.6) is 0 Å². The minimum absolute atomic E-state index is 0.0111. The van der Waals surface area contributed by atoms with Gasteiger partial charge in [-0.2, -0.15) is 0 Å². The Balaban J connectivity index is 1.70. The second kappa shape index (κ2) is 13.4. The van der Waals surface area contributed by atoms with Gasteiger partial charge in [-0.1, -0.05) is 0 Å². The van der Waals surface area contributed by atoms with Gasteiger partial charge in [0.2, 0.25) is 0 Å². The second-order valence-corrected chi connectivity index (χ2v) is 18.8. The number of nitrogens with one attached hydrogen (secondary N) is 2. The summed E-state index contributed by atoms with van der Waals surface area (Å²) in [6.45, 7) is 1.13. The van der Waals surface area contributed by atoms with E-state index < -0.39 is 4.90 Å². The molecular formula is C27H34IN4OP. The summed E-state index contributed by atoms with van der Waals surface area (Å²) in [7, 11) is 1.72. The van der Waals surface area contributed by atoms with Crippen molar-refractivity contribution in [3.05, 3.63) is 94.6 Å². The Kier molecular flexibility index (Phi) is 10.4. The molecule has 0 bridgehead atoms. The molecule has 0 saturated heterocycles. The fraction of sp³-hybridized carbons (Fsp3) is 0.259. The Labute approximate surface area is 213 Å². The van der Waals surface area contributed by atoms with E-state index in [0.29, 0.717) is 19.5 Å². The quantitative estimate of drug-likeness (QED) is 0.0956. The van der Waals surface area contributed by atoms with Gasteiger partial charge in [0.05, 0.1) is 0 Å². The summed E-state index contributed by atoms with van der Waals surface area (Å²) in [6, 6.07) is 33.1. The van der Waals surface area contributed by atoms with Gasteiger partial charge in [-0.3, -0.25) is 0 Å². The van der Waals surface area contributed by atoms with Gasteiger partial charge < -0.3 is 0 Å². The number of hydrogen-bond acceptors (Lipinski definition) is 2. The van der Waals surface area contributed by atoms with Crippen LogP contribution in [0.25, 0.3) is 0 Å². The van der Waals surface area contributed by atoms with Crippen LogP contribution >= 0.6 is 4.90 Å². The third-order valence-corrected chi connectivity index (χ3v) is 18.9. The van der Waals surface area contributed by atoms with Crippen molar-refractivity contribution in [3.63, 3.8) is 0 Å². The molecule has 0 atom stereocenters. The Morgan fingerprint density at radius 3 is 1.97 bits per heavy atom. The van der Waals surface area contributed by atoms with E-state index in [0.717, 1.165) is 19.0 Å². The molecule has 34 heavy (non-hydrogen) atoms. The van der Waals surface area contributed by atoms with Gasteiger partial charge in [-0.15, -0.1) is 0 Å². The number of amides is 1. The molecule has 3 aromatic rings. The number of halogens is 1. The van der Waals surface area contributed by atoms with Crippen molar-refractivity contribution in [1.29, 1.82) is 5.41 Å². The van der Waals surface area contributed by atoms with E-state index >= 15 is 0 Å². The van der Waals surface area contributed by atoms with E-state index in [1.54, 1.807) is 11.9 Å². The number of nitrogens with two attached hydrogens (primary N) is 1. The Bertz CT molecular complexity index is 995. The maximum atomic E-state index is 12.2. The van der Waals surface area contributed by atoms with Gasteiger partial charge >= 0.3 is 214 Å². The summed E-state index contributed by atoms with van der Waals surface area (Å²) in [5.41, 5.74) is 5.44. The van der Waals surface area contributed by atoms with E-state index in [9.17, 15) is 4.79 Å². The van der Waals surface area contributed by atoms with Crippen LogP contribution in [-0.4, -0.2) is 43.1 Å². The van der Waals surface area contributed by atoms with Crippen molar-refractivity contribution >= 4 is 27.4 Å². The Morgan fingerprint density at radius 1 is 0.912 bits per heavy atom. The fourth-order valence-corrected chi connectivity index (χ4v) is 16.7. The number of hydrogen-bond donors (Lipinski definition) is 3. The molecule has 1 amide bonds. The van der Waals surface area contributed by atoms with Crippen LogP contribution in [0.2, 0.25) is 0 Å². The summed E-state index contributed by atoms with van der Waals surface area (Å²) >= 11 is -0.252. The summed E-state index contributed by atoms with van der Waals surface area (Å²) < 4.78 is 1.48. The number of rotatable bonds is 12. The van der Waals surface area contributed by atoms with Gasteiger partial charge in [0.15, 0.2) is 0 Å². The Hall–Kier alpha value is -2.44. The summed E-state index contributed by atoms with van der Waals surface area (Å²) in [6.07, 6.45) is 3.51. The number of nitrogens with zero attached hydrogens (tertiary/aromatic N) is 1. The molecule has 0 aliphatic rings. The predicted molar refractivity (Wildman–Crippen MR) is 140 cm³/mol. The average Bonchev–Trinajstić information content (AvgIpc) is 2.88. The number of guanidine groups is 1. The van der Waals surface area contributed by atoms with Crippen molar-refractivity contribution in [2.75, 3.05) is 26.3 Å². The molecule has 0 radical (unpaired) electrons. The first-order chi connectivity index (χ1) is 16.5. The molecule has 7 heteroatoms. The molecule has 3 rings (SSSR count). The molecule has 5 nitrogen and oxygen atoms in total. The van der Waals surface area contributed by atoms with Crippen LogP contribution in [-0.2, 0) is 4.79 Å². The number of unbranched alkanes of at least 4 members (excludes halogenated alkanes) is 1. The van der Waals surface area contributed by atoms with Crippen molar-refractivity contribution in [1.82, 2.24) is 10.2 Å². The third kappa shape index (κ3) is 7.54. The monoisotopic (exact) mass is 588 g/mol. The van der Waals surface area contributed by atoms with Crippen molar-refractivity contribution < 1.29 is 25.4 Å². The Morgan fingerprint density at radius 2 is 1.44 bits per heavy atom. The van der Waals surface area contributed by atoms with Crippen LogP contribution in [0, 0.1) is 8.98 Å². The molecule has 0 saturated carbocycles. The molecular weight excluding hydrogens is 554 g/mol. The molecule has 4 N–H and O–H groups in total. The SMILES string of the molecule is CN(CCC(=O)NCCCC[P+]([I-]c1ccccc1)(c1ccccc1)c1ccccc1)C(=N)N. The van der Waals surface area contributed by atoms with Crippen LogP contribution < -0.4 is 42.3 Å². The van der Waals surface area contributed by atoms with E-state index in [1.165, 1.54) is 14.2 Å². The molecule has 0 aliphatic heterocycles. The van der Waals surface area contributed by atoms with Crippen molar-refractivity contribution in [3.8, 4) is 0 Å². The van der Waals surface area contributed by atoms with Gasteiger partial charge in [-0.05, 0) is 0 Å². The zero-order valence-electron chi connectivity index (χ0n) is 19.7. The molecule has 180 valence electrons. The molecule has 0 unspecified atom stereocenters. The van der Waals surface area contributed by atoms with E-state index in [1.807, 2.05) is 0 Å². The molecule has 3 aromatic carbocycles. The van der Waals surface area contributed by atoms with Crippen LogP contribution in [0.1, 0.15) is 19.3 Å². The van der Waals surface area contributed by atoms with Gasteiger partial charge in [0.25, 0.3) is 0 Å². The molecule has 0 fully saturated rings. The van der Waals surface area contributed by atoms with Crippen LogP contribution in [0.3, 0.4) is 0 Å². The topological polar surface area (TPSA) is 82.2 Å².